The van der Waals surface area contributed by atoms with Crippen LogP contribution in [0.5, 0.6) is 0 Å². The van der Waals surface area contributed by atoms with Crippen LogP contribution in [0.25, 0.3) is 0 Å². The van der Waals surface area contributed by atoms with E-state index in [4.69, 9.17) is 11.6 Å². The molecule has 2 atom stereocenters. The first-order valence-corrected chi connectivity index (χ1v) is 4.07. The van der Waals surface area contributed by atoms with Gasteiger partial charge in [-0.15, -0.1) is 11.6 Å². The summed E-state index contributed by atoms with van der Waals surface area (Å²) in [4.78, 5) is 2.41. The van der Waals surface area contributed by atoms with E-state index in [1.54, 1.807) is 0 Å². The highest BCUT2D eigenvalue weighted by Gasteiger charge is 2.32. The maximum absolute atomic E-state index is 5.64. The second-order valence-electron chi connectivity index (χ2n) is 3.16. The molecular weight excluding hydrogens is 134 g/mol. The number of hydrogen-bond acceptors (Lipinski definition) is 1. The van der Waals surface area contributed by atoms with Crippen molar-refractivity contribution in [2.24, 2.45) is 5.92 Å². The van der Waals surface area contributed by atoms with Crippen LogP contribution in [0.15, 0.2) is 0 Å². The highest BCUT2D eigenvalue weighted by atomic mass is 35.5. The Balaban J connectivity index is 2.05. The molecule has 0 bridgehead atoms. The van der Waals surface area contributed by atoms with E-state index < -0.39 is 0 Å². The molecule has 2 heteroatoms. The topological polar surface area (TPSA) is 3.01 Å². The first-order chi connectivity index (χ1) is 4.24. The molecule has 1 unspecified atom stereocenters. The van der Waals surface area contributed by atoms with Crippen molar-refractivity contribution in [3.8, 4) is 0 Å². The fraction of sp³-hybridized carbons (Fsp3) is 1.00. The smallest absolute Gasteiger partial charge is 0.0392 e. The predicted octanol–water partition coefficient (Wildman–Crippen LogP) is 1.57. The van der Waals surface area contributed by atoms with Crippen molar-refractivity contribution in [2.75, 3.05) is 19.0 Å². The monoisotopic (exact) mass is 147 g/mol. The number of rotatable bonds is 3. The van der Waals surface area contributed by atoms with Gasteiger partial charge < -0.3 is 0 Å². The molecule has 0 aromatic carbocycles. The van der Waals surface area contributed by atoms with Gasteiger partial charge in [-0.2, -0.15) is 0 Å². The van der Waals surface area contributed by atoms with Crippen molar-refractivity contribution >= 4 is 11.6 Å². The fourth-order valence-electron chi connectivity index (χ4n) is 1.06. The van der Waals surface area contributed by atoms with Crippen LogP contribution in [-0.4, -0.2) is 29.9 Å². The Labute approximate surface area is 62.0 Å². The number of nitrogens with zero attached hydrogens (tertiary/aromatic N) is 1. The number of halogens is 1. The predicted molar refractivity (Wildman–Crippen MR) is 40.9 cm³/mol. The minimum atomic E-state index is 0.703. The van der Waals surface area contributed by atoms with Crippen LogP contribution in [0.4, 0.5) is 0 Å². The van der Waals surface area contributed by atoms with Crippen LogP contribution in [-0.2, 0) is 0 Å². The Morgan fingerprint density at radius 1 is 1.67 bits per heavy atom. The Hall–Kier alpha value is 0.250. The average molecular weight is 148 g/mol. The lowest BCUT2D eigenvalue weighted by Gasteiger charge is -2.04. The van der Waals surface area contributed by atoms with Crippen LogP contribution < -0.4 is 0 Å². The Morgan fingerprint density at radius 2 is 2.33 bits per heavy atom. The molecule has 0 radical (unpaired) electrons. The minimum absolute atomic E-state index is 0.703. The first kappa shape index (κ1) is 7.36. The molecule has 0 spiro atoms. The molecule has 1 heterocycles. The van der Waals surface area contributed by atoms with E-state index in [1.807, 2.05) is 0 Å². The lowest BCUT2D eigenvalue weighted by molar-refractivity contribution is 0.436. The van der Waals surface area contributed by atoms with Gasteiger partial charge in [-0.3, -0.25) is 4.90 Å². The van der Waals surface area contributed by atoms with Gasteiger partial charge in [-0.25, -0.2) is 0 Å². The van der Waals surface area contributed by atoms with E-state index in [0.29, 0.717) is 6.04 Å². The molecule has 0 aromatic heterocycles. The van der Waals surface area contributed by atoms with Crippen LogP contribution in [0.3, 0.4) is 0 Å². The van der Waals surface area contributed by atoms with E-state index in [2.05, 4.69) is 18.7 Å². The average Bonchev–Trinajstić information content (AvgIpc) is 2.45. The van der Waals surface area contributed by atoms with Crippen molar-refractivity contribution in [2.45, 2.75) is 19.9 Å². The normalized spacial score (nSPS) is 33.3. The summed E-state index contributed by atoms with van der Waals surface area (Å²) >= 11 is 5.64. The van der Waals surface area contributed by atoms with Gasteiger partial charge in [-0.1, -0.05) is 13.8 Å². The van der Waals surface area contributed by atoms with Gasteiger partial charge >= 0.3 is 0 Å². The molecule has 1 fully saturated rings. The molecule has 1 aliphatic heterocycles. The third kappa shape index (κ3) is 2.15. The van der Waals surface area contributed by atoms with Gasteiger partial charge in [-0.05, 0) is 5.92 Å². The molecule has 0 aliphatic carbocycles. The summed E-state index contributed by atoms with van der Waals surface area (Å²) in [7, 11) is 0. The van der Waals surface area contributed by atoms with Crippen molar-refractivity contribution < 1.29 is 0 Å². The molecular formula is C7H14ClN. The van der Waals surface area contributed by atoms with E-state index in [-0.39, 0.29) is 0 Å². The van der Waals surface area contributed by atoms with Gasteiger partial charge in [0.1, 0.15) is 0 Å². The molecule has 9 heavy (non-hydrogen) atoms. The summed E-state index contributed by atoms with van der Waals surface area (Å²) in [6, 6.07) is 0.703. The molecule has 0 amide bonds. The van der Waals surface area contributed by atoms with Gasteiger partial charge in [0.2, 0.25) is 0 Å². The Bertz CT molecular complexity index is 92.9. The molecule has 1 saturated heterocycles. The number of alkyl halides is 1. The van der Waals surface area contributed by atoms with E-state index >= 15 is 0 Å². The zero-order chi connectivity index (χ0) is 6.85. The Morgan fingerprint density at radius 3 is 2.67 bits per heavy atom. The van der Waals surface area contributed by atoms with Crippen LogP contribution in [0, 0.1) is 5.92 Å². The zero-order valence-electron chi connectivity index (χ0n) is 6.10. The summed E-state index contributed by atoms with van der Waals surface area (Å²) < 4.78 is 0. The molecule has 0 N–H and O–H groups in total. The van der Waals surface area contributed by atoms with Gasteiger partial charge in [0.05, 0.1) is 0 Å². The van der Waals surface area contributed by atoms with Crippen molar-refractivity contribution in [1.29, 1.82) is 0 Å². The fourth-order valence-corrected chi connectivity index (χ4v) is 1.36. The summed E-state index contributed by atoms with van der Waals surface area (Å²) in [5.74, 6) is 1.60. The molecule has 0 saturated carbocycles. The van der Waals surface area contributed by atoms with E-state index in [1.165, 1.54) is 13.1 Å². The standard InChI is InChI=1S/C7H14ClN/c1-6(2)4-9-5-7(9)3-8/h6-7H,3-5H2,1-2H3/t7-,9?/m1/s1. The molecule has 0 aromatic rings. The SMILES string of the molecule is CC(C)CN1C[C@H]1CCl. The maximum Gasteiger partial charge on any atom is 0.0392 e. The highest BCUT2D eigenvalue weighted by molar-refractivity contribution is 6.18. The maximum atomic E-state index is 5.64. The van der Waals surface area contributed by atoms with E-state index in [9.17, 15) is 0 Å². The van der Waals surface area contributed by atoms with Gasteiger partial charge in [0, 0.05) is 25.0 Å². The third-order valence-corrected chi connectivity index (χ3v) is 1.96. The summed E-state index contributed by atoms with van der Waals surface area (Å²) in [6.07, 6.45) is 0. The summed E-state index contributed by atoms with van der Waals surface area (Å²) in [5.41, 5.74) is 0. The van der Waals surface area contributed by atoms with Gasteiger partial charge in [0.25, 0.3) is 0 Å². The van der Waals surface area contributed by atoms with Crippen molar-refractivity contribution in [1.82, 2.24) is 4.90 Å². The van der Waals surface area contributed by atoms with Crippen molar-refractivity contribution in [3.05, 3.63) is 0 Å². The third-order valence-electron chi connectivity index (χ3n) is 1.61. The quantitative estimate of drug-likeness (QED) is 0.433. The minimum Gasteiger partial charge on any atom is -0.296 e. The summed E-state index contributed by atoms with van der Waals surface area (Å²) in [6.45, 7) is 6.92. The second kappa shape index (κ2) is 2.89. The second-order valence-corrected chi connectivity index (χ2v) is 3.46. The lowest BCUT2D eigenvalue weighted by atomic mass is 10.2. The van der Waals surface area contributed by atoms with E-state index in [0.717, 1.165) is 11.8 Å². The summed E-state index contributed by atoms with van der Waals surface area (Å²) in [5, 5.41) is 0. The van der Waals surface area contributed by atoms with Crippen molar-refractivity contribution in [3.63, 3.8) is 0 Å². The first-order valence-electron chi connectivity index (χ1n) is 3.54. The number of hydrogen-bond donors (Lipinski definition) is 0. The van der Waals surface area contributed by atoms with Crippen LogP contribution in [0.1, 0.15) is 13.8 Å². The van der Waals surface area contributed by atoms with Crippen LogP contribution in [0.2, 0.25) is 0 Å². The Kier molecular flexibility index (Phi) is 2.36. The lowest BCUT2D eigenvalue weighted by Crippen LogP contribution is -2.10. The molecule has 1 rings (SSSR count). The molecule has 1 aliphatic rings. The molecule has 1 nitrogen and oxygen atoms in total. The highest BCUT2D eigenvalue weighted by Crippen LogP contribution is 2.19. The van der Waals surface area contributed by atoms with Gasteiger partial charge in [0.15, 0.2) is 0 Å². The molecule has 54 valence electrons. The largest absolute Gasteiger partial charge is 0.296 e. The zero-order valence-corrected chi connectivity index (χ0v) is 6.86. The van der Waals surface area contributed by atoms with Crippen LogP contribution >= 0.6 is 11.6 Å².